The van der Waals surface area contributed by atoms with Gasteiger partial charge in [0, 0.05) is 0 Å². The van der Waals surface area contributed by atoms with Crippen LogP contribution in [0.3, 0.4) is 0 Å². The van der Waals surface area contributed by atoms with Gasteiger partial charge in [0.15, 0.2) is 0 Å². The Bertz CT molecular complexity index is 1330. The van der Waals surface area contributed by atoms with Gasteiger partial charge < -0.3 is 0 Å². The molecule has 0 N–H and O–H groups in total. The average Bonchev–Trinajstić information content (AvgIpc) is 3.10. The van der Waals surface area contributed by atoms with Crippen molar-refractivity contribution < 1.29 is 0 Å². The van der Waals surface area contributed by atoms with Crippen LogP contribution in [-0.4, -0.2) is 0 Å². The summed E-state index contributed by atoms with van der Waals surface area (Å²) in [6, 6.07) is 40.6. The van der Waals surface area contributed by atoms with Crippen LogP contribution in [0, 0.1) is 6.07 Å². The third kappa shape index (κ3) is 2.25. The highest BCUT2D eigenvalue weighted by Crippen LogP contribution is 2.49. The van der Waals surface area contributed by atoms with Crippen molar-refractivity contribution in [3.05, 3.63) is 109 Å². The summed E-state index contributed by atoms with van der Waals surface area (Å²) < 4.78 is 0. The molecular weight excluding hydrogens is 336 g/mol. The number of fused-ring (bicyclic) bond motifs is 3. The Kier molecular flexibility index (Phi) is 3.27. The van der Waals surface area contributed by atoms with Crippen LogP contribution in [0.25, 0.3) is 55.3 Å². The highest BCUT2D eigenvalue weighted by molar-refractivity contribution is 6.16. The van der Waals surface area contributed by atoms with Crippen LogP contribution >= 0.6 is 0 Å². The standard InChI is InChI=1S/C28H17/c1-3-8-19(9-4-1)21-14-15-24-25-13-7-12-22-16-23(20-10-5-2-6-11-20)18-27(28(22)25)26(24)17-21/h1-17H. The van der Waals surface area contributed by atoms with Gasteiger partial charge in [-0.05, 0) is 73.5 Å². The van der Waals surface area contributed by atoms with Crippen LogP contribution in [0.1, 0.15) is 0 Å². The molecule has 5 aromatic carbocycles. The smallest absolute Gasteiger partial charge is 0.000719 e. The lowest BCUT2D eigenvalue weighted by Crippen LogP contribution is -1.83. The van der Waals surface area contributed by atoms with E-state index >= 15 is 0 Å². The van der Waals surface area contributed by atoms with Gasteiger partial charge in [0.2, 0.25) is 0 Å². The Morgan fingerprint density at radius 1 is 0.464 bits per heavy atom. The Morgan fingerprint density at radius 3 is 2.00 bits per heavy atom. The molecule has 0 saturated carbocycles. The first-order valence-electron chi connectivity index (χ1n) is 9.63. The molecule has 0 aromatic heterocycles. The summed E-state index contributed by atoms with van der Waals surface area (Å²) in [4.78, 5) is 0. The van der Waals surface area contributed by atoms with E-state index < -0.39 is 0 Å². The minimum atomic E-state index is 1.15. The fourth-order valence-electron chi connectivity index (χ4n) is 4.35. The monoisotopic (exact) mass is 353 g/mol. The first-order valence-corrected chi connectivity index (χ1v) is 9.63. The molecule has 0 heteroatoms. The molecule has 0 bridgehead atoms. The van der Waals surface area contributed by atoms with Gasteiger partial charge in [-0.3, -0.25) is 0 Å². The predicted molar refractivity (Wildman–Crippen MR) is 118 cm³/mol. The quantitative estimate of drug-likeness (QED) is 0.300. The molecule has 0 spiro atoms. The maximum absolute atomic E-state index is 3.74. The number of rotatable bonds is 2. The van der Waals surface area contributed by atoms with Gasteiger partial charge >= 0.3 is 0 Å². The summed E-state index contributed by atoms with van der Waals surface area (Å²) in [6.07, 6.45) is 0. The second-order valence-corrected chi connectivity index (χ2v) is 7.32. The third-order valence-electron chi connectivity index (χ3n) is 5.68. The number of hydrogen-bond donors (Lipinski definition) is 0. The molecular formula is C28H17. The zero-order chi connectivity index (χ0) is 18.5. The van der Waals surface area contributed by atoms with E-state index in [2.05, 4.69) is 109 Å². The lowest BCUT2D eigenvalue weighted by atomic mass is 9.95. The molecule has 129 valence electrons. The molecule has 1 radical (unpaired) electrons. The van der Waals surface area contributed by atoms with E-state index in [0.717, 1.165) is 5.56 Å². The molecule has 6 rings (SSSR count). The summed E-state index contributed by atoms with van der Waals surface area (Å²) >= 11 is 0. The number of hydrogen-bond acceptors (Lipinski definition) is 0. The highest BCUT2D eigenvalue weighted by Gasteiger charge is 2.22. The topological polar surface area (TPSA) is 0 Å². The molecule has 0 fully saturated rings. The van der Waals surface area contributed by atoms with Crippen LogP contribution in [-0.2, 0) is 0 Å². The van der Waals surface area contributed by atoms with Crippen molar-refractivity contribution in [1.29, 1.82) is 0 Å². The minimum Gasteiger partial charge on any atom is -0.0622 e. The van der Waals surface area contributed by atoms with E-state index in [1.165, 1.54) is 49.7 Å². The van der Waals surface area contributed by atoms with Gasteiger partial charge in [0.25, 0.3) is 0 Å². The first-order chi connectivity index (χ1) is 13.9. The Morgan fingerprint density at radius 2 is 1.21 bits per heavy atom. The van der Waals surface area contributed by atoms with Gasteiger partial charge in [-0.1, -0.05) is 91.0 Å². The average molecular weight is 353 g/mol. The maximum atomic E-state index is 3.74. The molecule has 0 heterocycles. The molecule has 0 aliphatic heterocycles. The molecule has 1 aliphatic rings. The summed E-state index contributed by atoms with van der Waals surface area (Å²) in [5, 5.41) is 2.60. The van der Waals surface area contributed by atoms with Gasteiger partial charge in [-0.25, -0.2) is 0 Å². The van der Waals surface area contributed by atoms with Gasteiger partial charge in [0.1, 0.15) is 0 Å². The van der Waals surface area contributed by atoms with E-state index in [9.17, 15) is 0 Å². The lowest BCUT2D eigenvalue weighted by Gasteiger charge is -2.08. The van der Waals surface area contributed by atoms with Crippen LogP contribution in [0.15, 0.2) is 103 Å². The summed E-state index contributed by atoms with van der Waals surface area (Å²) in [5.41, 5.74) is 9.98. The van der Waals surface area contributed by atoms with Crippen molar-refractivity contribution in [3.8, 4) is 44.5 Å². The van der Waals surface area contributed by atoms with Crippen molar-refractivity contribution in [1.82, 2.24) is 0 Å². The van der Waals surface area contributed by atoms with Crippen LogP contribution in [0.5, 0.6) is 0 Å². The second-order valence-electron chi connectivity index (χ2n) is 7.32. The fraction of sp³-hybridized carbons (Fsp3) is 0. The van der Waals surface area contributed by atoms with Crippen molar-refractivity contribution >= 4 is 10.8 Å². The molecule has 28 heavy (non-hydrogen) atoms. The summed E-state index contributed by atoms with van der Waals surface area (Å²) in [7, 11) is 0. The SMILES string of the molecule is [c]1c(-c2ccccc2)cc2cccc3c2c1-c1cc(-c2ccccc2)ccc1-3. The van der Waals surface area contributed by atoms with Crippen molar-refractivity contribution in [3.63, 3.8) is 0 Å². The Balaban J connectivity index is 1.63. The van der Waals surface area contributed by atoms with Gasteiger partial charge in [-0.2, -0.15) is 0 Å². The van der Waals surface area contributed by atoms with Gasteiger partial charge in [-0.15, -0.1) is 0 Å². The molecule has 0 amide bonds. The normalized spacial score (nSPS) is 11.6. The van der Waals surface area contributed by atoms with Gasteiger partial charge in [0.05, 0.1) is 0 Å². The van der Waals surface area contributed by atoms with Crippen molar-refractivity contribution in [2.24, 2.45) is 0 Å². The molecule has 0 saturated heterocycles. The zero-order valence-corrected chi connectivity index (χ0v) is 15.3. The van der Waals surface area contributed by atoms with Crippen LogP contribution < -0.4 is 0 Å². The molecule has 0 unspecified atom stereocenters. The Labute approximate surface area is 164 Å². The van der Waals surface area contributed by atoms with Crippen molar-refractivity contribution in [2.45, 2.75) is 0 Å². The molecule has 0 atom stereocenters. The predicted octanol–water partition coefficient (Wildman–Crippen LogP) is 7.62. The summed E-state index contributed by atoms with van der Waals surface area (Å²) in [6.45, 7) is 0. The minimum absolute atomic E-state index is 1.15. The molecule has 5 aromatic rings. The van der Waals surface area contributed by atoms with E-state index in [1.54, 1.807) is 0 Å². The van der Waals surface area contributed by atoms with Crippen LogP contribution in [0.2, 0.25) is 0 Å². The first kappa shape index (κ1) is 15.4. The highest BCUT2D eigenvalue weighted by atomic mass is 14.3. The lowest BCUT2D eigenvalue weighted by molar-refractivity contribution is 1.61. The van der Waals surface area contributed by atoms with E-state index in [4.69, 9.17) is 0 Å². The second kappa shape index (κ2) is 5.94. The molecule has 1 aliphatic carbocycles. The fourth-order valence-corrected chi connectivity index (χ4v) is 4.35. The number of benzene rings is 5. The zero-order valence-electron chi connectivity index (χ0n) is 15.3. The van der Waals surface area contributed by atoms with E-state index in [0.29, 0.717) is 0 Å². The summed E-state index contributed by atoms with van der Waals surface area (Å²) in [5.74, 6) is 0. The van der Waals surface area contributed by atoms with Crippen LogP contribution in [0.4, 0.5) is 0 Å². The van der Waals surface area contributed by atoms with E-state index in [-0.39, 0.29) is 0 Å². The van der Waals surface area contributed by atoms with E-state index in [1.807, 2.05) is 0 Å². The largest absolute Gasteiger partial charge is 0.0622 e. The van der Waals surface area contributed by atoms with Crippen molar-refractivity contribution in [2.75, 3.05) is 0 Å². The third-order valence-corrected chi connectivity index (χ3v) is 5.68. The molecule has 0 nitrogen and oxygen atoms in total. The Hall–Kier alpha value is -3.64. The maximum Gasteiger partial charge on any atom is -0.000719 e.